The van der Waals surface area contributed by atoms with Crippen molar-refractivity contribution < 1.29 is 0 Å². The second-order valence-corrected chi connectivity index (χ2v) is 5.65. The number of thiophene rings is 1. The SMILES string of the molecule is c1csc([C@@H]2C[C@@H]2CN2CCNCC2)c1. The van der Waals surface area contributed by atoms with Gasteiger partial charge in [-0.15, -0.1) is 11.3 Å². The number of rotatable bonds is 3. The second kappa shape index (κ2) is 4.24. The molecule has 2 nitrogen and oxygen atoms in total. The molecule has 0 amide bonds. The molecule has 2 heterocycles. The Hall–Kier alpha value is -0.380. The average molecular weight is 222 g/mol. The molecule has 2 fully saturated rings. The molecule has 15 heavy (non-hydrogen) atoms. The molecule has 0 radical (unpaired) electrons. The fraction of sp³-hybridized carbons (Fsp3) is 0.667. The van der Waals surface area contributed by atoms with Crippen molar-refractivity contribution in [1.82, 2.24) is 10.2 Å². The van der Waals surface area contributed by atoms with Crippen molar-refractivity contribution in [2.24, 2.45) is 5.92 Å². The third-order valence-corrected chi connectivity index (χ3v) is 4.54. The van der Waals surface area contributed by atoms with E-state index in [-0.39, 0.29) is 0 Å². The molecule has 1 N–H and O–H groups in total. The predicted molar refractivity (Wildman–Crippen MR) is 64.5 cm³/mol. The van der Waals surface area contributed by atoms with Crippen LogP contribution in [-0.2, 0) is 0 Å². The van der Waals surface area contributed by atoms with E-state index in [1.165, 1.54) is 39.1 Å². The number of piperazine rings is 1. The summed E-state index contributed by atoms with van der Waals surface area (Å²) in [6, 6.07) is 4.48. The van der Waals surface area contributed by atoms with E-state index in [9.17, 15) is 0 Å². The molecule has 1 aliphatic carbocycles. The highest BCUT2D eigenvalue weighted by Gasteiger charge is 2.39. The van der Waals surface area contributed by atoms with Gasteiger partial charge in [0.25, 0.3) is 0 Å². The standard InChI is InChI=1S/C12H18N2S/c1-2-12(15-7-1)11-8-10(11)9-14-5-3-13-4-6-14/h1-2,7,10-11,13H,3-6,8-9H2/t10-,11-/m1/s1. The van der Waals surface area contributed by atoms with E-state index in [0.717, 1.165) is 11.8 Å². The van der Waals surface area contributed by atoms with Crippen molar-refractivity contribution in [2.75, 3.05) is 32.7 Å². The number of hydrogen-bond acceptors (Lipinski definition) is 3. The summed E-state index contributed by atoms with van der Waals surface area (Å²) in [6.07, 6.45) is 1.42. The van der Waals surface area contributed by atoms with Crippen LogP contribution in [0.4, 0.5) is 0 Å². The highest BCUT2D eigenvalue weighted by molar-refractivity contribution is 7.10. The number of nitrogens with zero attached hydrogens (tertiary/aromatic N) is 1. The van der Waals surface area contributed by atoms with Crippen LogP contribution in [0.2, 0.25) is 0 Å². The Morgan fingerprint density at radius 3 is 3.00 bits per heavy atom. The summed E-state index contributed by atoms with van der Waals surface area (Å²) in [5.41, 5.74) is 0. The Kier molecular flexibility index (Phi) is 2.77. The first-order chi connectivity index (χ1) is 7.43. The van der Waals surface area contributed by atoms with Gasteiger partial charge < -0.3 is 10.2 Å². The summed E-state index contributed by atoms with van der Waals surface area (Å²) in [7, 11) is 0. The first-order valence-corrected chi connectivity index (χ1v) is 6.78. The van der Waals surface area contributed by atoms with E-state index < -0.39 is 0 Å². The van der Waals surface area contributed by atoms with Crippen LogP contribution in [0.1, 0.15) is 17.2 Å². The van der Waals surface area contributed by atoms with E-state index in [4.69, 9.17) is 0 Å². The minimum absolute atomic E-state index is 0.889. The fourth-order valence-electron chi connectivity index (χ4n) is 2.53. The molecule has 0 unspecified atom stereocenters. The Morgan fingerprint density at radius 2 is 2.27 bits per heavy atom. The third-order valence-electron chi connectivity index (χ3n) is 3.53. The molecular weight excluding hydrogens is 204 g/mol. The fourth-order valence-corrected chi connectivity index (χ4v) is 3.46. The zero-order chi connectivity index (χ0) is 10.1. The van der Waals surface area contributed by atoms with Crippen LogP contribution in [0.3, 0.4) is 0 Å². The molecule has 1 aromatic rings. The summed E-state index contributed by atoms with van der Waals surface area (Å²) in [4.78, 5) is 4.23. The van der Waals surface area contributed by atoms with Crippen molar-refractivity contribution in [1.29, 1.82) is 0 Å². The van der Waals surface area contributed by atoms with Crippen molar-refractivity contribution in [2.45, 2.75) is 12.3 Å². The molecule has 3 heteroatoms. The lowest BCUT2D eigenvalue weighted by Gasteiger charge is -2.27. The maximum Gasteiger partial charge on any atom is 0.0107 e. The van der Waals surface area contributed by atoms with Gasteiger partial charge in [0.1, 0.15) is 0 Å². The van der Waals surface area contributed by atoms with Crippen molar-refractivity contribution in [3.05, 3.63) is 22.4 Å². The van der Waals surface area contributed by atoms with Crippen molar-refractivity contribution in [3.8, 4) is 0 Å². The summed E-state index contributed by atoms with van der Waals surface area (Å²) in [5, 5.41) is 5.61. The van der Waals surface area contributed by atoms with Crippen LogP contribution in [0.15, 0.2) is 17.5 Å². The Bertz CT molecular complexity index is 303. The maximum atomic E-state index is 3.41. The van der Waals surface area contributed by atoms with Gasteiger partial charge >= 0.3 is 0 Å². The Labute approximate surface area is 95.3 Å². The van der Waals surface area contributed by atoms with Crippen LogP contribution in [0, 0.1) is 5.92 Å². The van der Waals surface area contributed by atoms with Gasteiger partial charge in [-0.25, -0.2) is 0 Å². The zero-order valence-electron chi connectivity index (χ0n) is 8.98. The average Bonchev–Trinajstić information content (AvgIpc) is 2.82. The Morgan fingerprint density at radius 1 is 1.40 bits per heavy atom. The topological polar surface area (TPSA) is 15.3 Å². The van der Waals surface area contributed by atoms with Gasteiger partial charge in [0.2, 0.25) is 0 Å². The second-order valence-electron chi connectivity index (χ2n) is 4.67. The van der Waals surface area contributed by atoms with Gasteiger partial charge in [0, 0.05) is 37.6 Å². The van der Waals surface area contributed by atoms with Crippen LogP contribution in [-0.4, -0.2) is 37.6 Å². The molecule has 1 aliphatic heterocycles. The van der Waals surface area contributed by atoms with E-state index in [2.05, 4.69) is 27.7 Å². The molecule has 2 atom stereocenters. The summed E-state index contributed by atoms with van der Waals surface area (Å²) < 4.78 is 0. The first kappa shape index (κ1) is 9.82. The molecule has 0 bridgehead atoms. The largest absolute Gasteiger partial charge is 0.314 e. The molecule has 0 aromatic carbocycles. The number of hydrogen-bond donors (Lipinski definition) is 1. The number of nitrogens with one attached hydrogen (secondary N) is 1. The molecule has 1 saturated heterocycles. The van der Waals surface area contributed by atoms with Crippen molar-refractivity contribution in [3.63, 3.8) is 0 Å². The minimum Gasteiger partial charge on any atom is -0.314 e. The molecular formula is C12H18N2S. The highest BCUT2D eigenvalue weighted by atomic mass is 32.1. The molecule has 3 rings (SSSR count). The maximum absolute atomic E-state index is 3.41. The van der Waals surface area contributed by atoms with E-state index >= 15 is 0 Å². The van der Waals surface area contributed by atoms with Gasteiger partial charge in [0.15, 0.2) is 0 Å². The lowest BCUT2D eigenvalue weighted by atomic mass is 10.2. The van der Waals surface area contributed by atoms with E-state index in [1.54, 1.807) is 4.88 Å². The van der Waals surface area contributed by atoms with E-state index in [1.807, 2.05) is 11.3 Å². The summed E-state index contributed by atoms with van der Waals surface area (Å²) >= 11 is 1.93. The highest BCUT2D eigenvalue weighted by Crippen LogP contribution is 2.49. The van der Waals surface area contributed by atoms with Gasteiger partial charge in [-0.2, -0.15) is 0 Å². The first-order valence-electron chi connectivity index (χ1n) is 5.90. The van der Waals surface area contributed by atoms with Crippen LogP contribution < -0.4 is 5.32 Å². The predicted octanol–water partition coefficient (Wildman–Crippen LogP) is 1.76. The lowest BCUT2D eigenvalue weighted by Crippen LogP contribution is -2.44. The molecule has 0 spiro atoms. The monoisotopic (exact) mass is 222 g/mol. The van der Waals surface area contributed by atoms with Gasteiger partial charge in [-0.3, -0.25) is 0 Å². The molecule has 1 aromatic heterocycles. The van der Waals surface area contributed by atoms with Crippen LogP contribution in [0.5, 0.6) is 0 Å². The quantitative estimate of drug-likeness (QED) is 0.838. The van der Waals surface area contributed by atoms with Gasteiger partial charge in [-0.05, 0) is 29.7 Å². The van der Waals surface area contributed by atoms with Gasteiger partial charge in [-0.1, -0.05) is 6.07 Å². The van der Waals surface area contributed by atoms with E-state index in [0.29, 0.717) is 0 Å². The van der Waals surface area contributed by atoms with Crippen LogP contribution >= 0.6 is 11.3 Å². The zero-order valence-corrected chi connectivity index (χ0v) is 9.80. The molecule has 82 valence electrons. The third kappa shape index (κ3) is 2.25. The van der Waals surface area contributed by atoms with Crippen LogP contribution in [0.25, 0.3) is 0 Å². The normalized spacial score (nSPS) is 31.7. The summed E-state index contributed by atoms with van der Waals surface area (Å²) in [6.45, 7) is 6.17. The smallest absolute Gasteiger partial charge is 0.0107 e. The summed E-state index contributed by atoms with van der Waals surface area (Å²) in [5.74, 6) is 1.83. The lowest BCUT2D eigenvalue weighted by molar-refractivity contribution is 0.231. The minimum atomic E-state index is 0.889. The Balaban J connectivity index is 1.50. The van der Waals surface area contributed by atoms with Gasteiger partial charge in [0.05, 0.1) is 0 Å². The molecule has 1 saturated carbocycles. The molecule has 2 aliphatic rings. The van der Waals surface area contributed by atoms with Crippen molar-refractivity contribution >= 4 is 11.3 Å².